The van der Waals surface area contributed by atoms with Crippen molar-refractivity contribution < 1.29 is 4.79 Å². The number of carbonyl (C=O) groups excluding carboxylic acids is 1. The summed E-state index contributed by atoms with van der Waals surface area (Å²) in [5.74, 6) is -0.0690. The molecule has 106 valence electrons. The van der Waals surface area contributed by atoms with Crippen LogP contribution >= 0.6 is 0 Å². The zero-order valence-electron chi connectivity index (χ0n) is 11.9. The molecule has 0 spiro atoms. The van der Waals surface area contributed by atoms with E-state index in [1.54, 1.807) is 18.3 Å². The first-order valence-corrected chi connectivity index (χ1v) is 7.00. The molecule has 2 N–H and O–H groups in total. The van der Waals surface area contributed by atoms with Crippen LogP contribution in [-0.4, -0.2) is 22.4 Å². The van der Waals surface area contributed by atoms with Crippen molar-refractivity contribution in [3.63, 3.8) is 0 Å². The zero-order chi connectivity index (χ0) is 14.7. The molecule has 0 radical (unpaired) electrons. The minimum absolute atomic E-state index is 0.0690. The first-order valence-electron chi connectivity index (χ1n) is 7.00. The highest BCUT2D eigenvalue weighted by atomic mass is 16.1. The molecular weight excluding hydrogens is 262 g/mol. The monoisotopic (exact) mass is 279 g/mol. The Morgan fingerprint density at radius 2 is 2.10 bits per heavy atom. The lowest BCUT2D eigenvalue weighted by Gasteiger charge is -2.06. The predicted octanol–water partition coefficient (Wildman–Crippen LogP) is 2.84. The summed E-state index contributed by atoms with van der Waals surface area (Å²) in [6.07, 6.45) is 4.50. The molecule has 0 atom stereocenters. The number of H-pyrrole nitrogens is 1. The number of hydrogen-bond acceptors (Lipinski definition) is 2. The Morgan fingerprint density at radius 3 is 2.95 bits per heavy atom. The van der Waals surface area contributed by atoms with E-state index < -0.39 is 0 Å². The molecule has 4 nitrogen and oxygen atoms in total. The molecule has 0 fully saturated rings. The van der Waals surface area contributed by atoms with E-state index >= 15 is 0 Å². The van der Waals surface area contributed by atoms with Gasteiger partial charge in [0.25, 0.3) is 5.91 Å². The van der Waals surface area contributed by atoms with E-state index in [4.69, 9.17) is 0 Å². The number of aryl methyl sites for hydroxylation is 1. The van der Waals surface area contributed by atoms with Crippen molar-refractivity contribution >= 4 is 16.8 Å². The number of carbonyl (C=O) groups is 1. The molecule has 0 saturated carbocycles. The van der Waals surface area contributed by atoms with Gasteiger partial charge in [0.05, 0.1) is 5.56 Å². The quantitative estimate of drug-likeness (QED) is 0.771. The Kier molecular flexibility index (Phi) is 3.69. The van der Waals surface area contributed by atoms with Crippen LogP contribution in [0.25, 0.3) is 10.9 Å². The summed E-state index contributed by atoms with van der Waals surface area (Å²) in [7, 11) is 0. The summed E-state index contributed by atoms with van der Waals surface area (Å²) >= 11 is 0. The van der Waals surface area contributed by atoms with Crippen molar-refractivity contribution in [1.82, 2.24) is 15.3 Å². The van der Waals surface area contributed by atoms with Gasteiger partial charge in [-0.15, -0.1) is 0 Å². The zero-order valence-corrected chi connectivity index (χ0v) is 11.9. The van der Waals surface area contributed by atoms with Crippen molar-refractivity contribution in [2.45, 2.75) is 13.3 Å². The lowest BCUT2D eigenvalue weighted by Crippen LogP contribution is -2.26. The third-order valence-corrected chi connectivity index (χ3v) is 3.61. The number of hydrogen-bond donors (Lipinski definition) is 2. The first kappa shape index (κ1) is 13.4. The van der Waals surface area contributed by atoms with Gasteiger partial charge in [0.2, 0.25) is 0 Å². The third-order valence-electron chi connectivity index (χ3n) is 3.61. The highest BCUT2D eigenvalue weighted by Gasteiger charge is 2.09. The van der Waals surface area contributed by atoms with Crippen LogP contribution in [0.4, 0.5) is 0 Å². The van der Waals surface area contributed by atoms with Gasteiger partial charge in [-0.1, -0.05) is 18.2 Å². The maximum Gasteiger partial charge on any atom is 0.253 e. The van der Waals surface area contributed by atoms with Crippen molar-refractivity contribution in [2.24, 2.45) is 0 Å². The van der Waals surface area contributed by atoms with Gasteiger partial charge >= 0.3 is 0 Å². The van der Waals surface area contributed by atoms with Crippen LogP contribution in [0.1, 0.15) is 21.6 Å². The molecular formula is C17H17N3O. The van der Waals surface area contributed by atoms with Crippen LogP contribution in [0.15, 0.2) is 48.8 Å². The minimum atomic E-state index is -0.0690. The van der Waals surface area contributed by atoms with Crippen molar-refractivity contribution in [3.8, 4) is 0 Å². The van der Waals surface area contributed by atoms with Crippen molar-refractivity contribution in [2.75, 3.05) is 6.54 Å². The number of fused-ring (bicyclic) bond motifs is 1. The molecule has 3 aromatic rings. The van der Waals surface area contributed by atoms with Gasteiger partial charge in [-0.25, -0.2) is 0 Å². The molecule has 0 saturated heterocycles. The van der Waals surface area contributed by atoms with Gasteiger partial charge in [0, 0.05) is 35.5 Å². The number of pyridine rings is 1. The normalized spacial score (nSPS) is 10.7. The van der Waals surface area contributed by atoms with Gasteiger partial charge in [0.1, 0.15) is 0 Å². The van der Waals surface area contributed by atoms with Crippen LogP contribution < -0.4 is 5.32 Å². The Bertz CT molecular complexity index is 776. The van der Waals surface area contributed by atoms with Gasteiger partial charge in [-0.2, -0.15) is 0 Å². The van der Waals surface area contributed by atoms with Crippen molar-refractivity contribution in [1.29, 1.82) is 0 Å². The average molecular weight is 279 g/mol. The molecule has 0 aliphatic heterocycles. The number of amides is 1. The molecule has 1 aromatic carbocycles. The van der Waals surface area contributed by atoms with E-state index in [9.17, 15) is 4.79 Å². The van der Waals surface area contributed by atoms with Crippen LogP contribution in [0.3, 0.4) is 0 Å². The number of aromatic amines is 1. The van der Waals surface area contributed by atoms with E-state index in [-0.39, 0.29) is 5.91 Å². The Labute approximate surface area is 123 Å². The molecule has 0 bridgehead atoms. The number of nitrogens with zero attached hydrogens (tertiary/aromatic N) is 1. The summed E-state index contributed by atoms with van der Waals surface area (Å²) in [4.78, 5) is 19.5. The molecule has 21 heavy (non-hydrogen) atoms. The molecule has 0 unspecified atom stereocenters. The second-order valence-electron chi connectivity index (χ2n) is 5.00. The Morgan fingerprint density at radius 1 is 1.24 bits per heavy atom. The number of para-hydroxylation sites is 1. The third kappa shape index (κ3) is 2.79. The highest BCUT2D eigenvalue weighted by Crippen LogP contribution is 2.17. The van der Waals surface area contributed by atoms with Crippen LogP contribution in [0.5, 0.6) is 0 Å². The van der Waals surface area contributed by atoms with Crippen LogP contribution in [0.2, 0.25) is 0 Å². The Balaban J connectivity index is 1.64. The van der Waals surface area contributed by atoms with Gasteiger partial charge in [-0.3, -0.25) is 9.78 Å². The molecule has 0 aliphatic rings. The standard InChI is InChI=1S/C17H17N3O/c1-12-14(6-4-9-18-12)17(21)19-10-8-13-11-20-16-7-3-2-5-15(13)16/h2-7,9,11,20H,8,10H2,1H3,(H,19,21). The maximum absolute atomic E-state index is 12.1. The van der Waals surface area contributed by atoms with E-state index in [1.165, 1.54) is 10.9 Å². The van der Waals surface area contributed by atoms with Gasteiger partial charge in [-0.05, 0) is 37.1 Å². The molecule has 1 amide bonds. The fraction of sp³-hybridized carbons (Fsp3) is 0.176. The fourth-order valence-electron chi connectivity index (χ4n) is 2.47. The molecule has 2 aromatic heterocycles. The summed E-state index contributed by atoms with van der Waals surface area (Å²) in [5, 5.41) is 4.16. The average Bonchev–Trinajstić information content (AvgIpc) is 2.91. The number of aromatic nitrogens is 2. The molecule has 4 heteroatoms. The number of nitrogens with one attached hydrogen (secondary N) is 2. The summed E-state index contributed by atoms with van der Waals surface area (Å²) < 4.78 is 0. The summed E-state index contributed by atoms with van der Waals surface area (Å²) in [6, 6.07) is 11.8. The van der Waals surface area contributed by atoms with E-state index in [0.717, 1.165) is 17.6 Å². The lowest BCUT2D eigenvalue weighted by atomic mass is 10.1. The van der Waals surface area contributed by atoms with Crippen molar-refractivity contribution in [3.05, 3.63) is 65.6 Å². The fourth-order valence-corrected chi connectivity index (χ4v) is 2.47. The topological polar surface area (TPSA) is 57.8 Å². The smallest absolute Gasteiger partial charge is 0.253 e. The predicted molar refractivity (Wildman–Crippen MR) is 83.3 cm³/mol. The Hall–Kier alpha value is -2.62. The van der Waals surface area contributed by atoms with Gasteiger partial charge < -0.3 is 10.3 Å². The van der Waals surface area contributed by atoms with E-state index in [1.807, 2.05) is 25.3 Å². The van der Waals surface area contributed by atoms with Crippen LogP contribution in [0, 0.1) is 6.92 Å². The maximum atomic E-state index is 12.1. The summed E-state index contributed by atoms with van der Waals surface area (Å²) in [6.45, 7) is 2.45. The second kappa shape index (κ2) is 5.79. The van der Waals surface area contributed by atoms with Crippen LogP contribution in [-0.2, 0) is 6.42 Å². The summed E-state index contributed by atoms with van der Waals surface area (Å²) in [5.41, 5.74) is 3.73. The molecule has 3 rings (SSSR count). The van der Waals surface area contributed by atoms with Gasteiger partial charge in [0.15, 0.2) is 0 Å². The van der Waals surface area contributed by atoms with E-state index in [0.29, 0.717) is 12.1 Å². The second-order valence-corrected chi connectivity index (χ2v) is 5.00. The molecule has 0 aliphatic carbocycles. The first-order chi connectivity index (χ1) is 10.3. The number of rotatable bonds is 4. The highest BCUT2D eigenvalue weighted by molar-refractivity contribution is 5.95. The number of benzene rings is 1. The minimum Gasteiger partial charge on any atom is -0.361 e. The lowest BCUT2D eigenvalue weighted by molar-refractivity contribution is 0.0953. The largest absolute Gasteiger partial charge is 0.361 e. The van der Waals surface area contributed by atoms with E-state index in [2.05, 4.69) is 27.4 Å². The SMILES string of the molecule is Cc1ncccc1C(=O)NCCc1c[nH]c2ccccc12. The molecule has 2 heterocycles.